The monoisotopic (exact) mass is 464 g/mol. The van der Waals surface area contributed by atoms with Gasteiger partial charge in [0.05, 0.1) is 0 Å². The number of rotatable bonds is 7. The van der Waals surface area contributed by atoms with Gasteiger partial charge in [-0.1, -0.05) is 36.8 Å². The number of aromatic nitrogens is 3. The molecule has 2 heterocycles. The molecule has 1 aliphatic heterocycles. The van der Waals surface area contributed by atoms with E-state index >= 15 is 0 Å². The Balaban J connectivity index is 1.38. The number of piperazine rings is 1. The van der Waals surface area contributed by atoms with Gasteiger partial charge in [-0.25, -0.2) is 0 Å². The average Bonchev–Trinajstić information content (AvgIpc) is 3.19. The van der Waals surface area contributed by atoms with Crippen LogP contribution in [-0.2, 0) is 11.3 Å². The normalized spacial score (nSPS) is 14.5. The first kappa shape index (κ1) is 23.2. The molecule has 4 rings (SSSR count). The minimum atomic E-state index is -0.0413. The lowest BCUT2D eigenvalue weighted by Crippen LogP contribution is -2.46. The molecule has 0 bridgehead atoms. The summed E-state index contributed by atoms with van der Waals surface area (Å²) in [5.74, 6) is 0.705. The predicted octanol–water partition coefficient (Wildman–Crippen LogP) is 4.40. The Kier molecular flexibility index (Phi) is 7.25. The Hall–Kier alpha value is -2.97. The number of carbonyl (C=O) groups excluding carboxylic acids is 1. The number of benzene rings is 2. The molecule has 3 aromatic rings. The minimum absolute atomic E-state index is 0.0413. The van der Waals surface area contributed by atoms with Gasteiger partial charge in [-0.2, -0.15) is 5.10 Å². The fourth-order valence-corrected chi connectivity index (χ4v) is 4.40. The number of nitrogens with zero attached hydrogens (tertiary/aromatic N) is 4. The lowest BCUT2D eigenvalue weighted by atomic mass is 10.1. The van der Waals surface area contributed by atoms with Gasteiger partial charge >= 0.3 is 0 Å². The van der Waals surface area contributed by atoms with Crippen LogP contribution in [-0.4, -0.2) is 58.3 Å². The molecule has 0 saturated carbocycles. The summed E-state index contributed by atoms with van der Waals surface area (Å²) in [6.07, 6.45) is 0.312. The van der Waals surface area contributed by atoms with Crippen LogP contribution >= 0.6 is 12.2 Å². The third-order valence-corrected chi connectivity index (χ3v) is 6.61. The molecule has 2 aromatic carbocycles. The van der Waals surface area contributed by atoms with Crippen LogP contribution in [0.2, 0.25) is 0 Å². The van der Waals surface area contributed by atoms with Crippen LogP contribution in [0.4, 0.5) is 11.4 Å². The van der Waals surface area contributed by atoms with E-state index in [1.54, 1.807) is 0 Å². The van der Waals surface area contributed by atoms with Crippen molar-refractivity contribution in [3.63, 3.8) is 0 Å². The van der Waals surface area contributed by atoms with Gasteiger partial charge in [0.25, 0.3) is 0 Å². The van der Waals surface area contributed by atoms with Crippen molar-refractivity contribution < 1.29 is 4.79 Å². The van der Waals surface area contributed by atoms with E-state index in [9.17, 15) is 4.79 Å². The number of hydrogen-bond donors (Lipinski definition) is 2. The highest BCUT2D eigenvalue weighted by molar-refractivity contribution is 7.71. The molecule has 1 amide bonds. The molecule has 0 atom stereocenters. The molecule has 0 unspecified atom stereocenters. The van der Waals surface area contributed by atoms with Crippen molar-refractivity contribution in [2.75, 3.05) is 42.9 Å². The third-order valence-electron chi connectivity index (χ3n) is 6.30. The summed E-state index contributed by atoms with van der Waals surface area (Å²) in [4.78, 5) is 17.6. The van der Waals surface area contributed by atoms with Gasteiger partial charge in [0, 0.05) is 56.1 Å². The molecule has 1 aliphatic rings. The first-order chi connectivity index (χ1) is 15.9. The van der Waals surface area contributed by atoms with E-state index in [0.29, 0.717) is 17.7 Å². The summed E-state index contributed by atoms with van der Waals surface area (Å²) >= 11 is 5.40. The second-order valence-electron chi connectivity index (χ2n) is 8.59. The largest absolute Gasteiger partial charge is 0.369 e. The number of aryl methyl sites for hydroxylation is 2. The fraction of sp³-hybridized carbons (Fsp3) is 0.400. The van der Waals surface area contributed by atoms with Crippen LogP contribution in [0.3, 0.4) is 0 Å². The van der Waals surface area contributed by atoms with Crippen LogP contribution in [0.1, 0.15) is 24.5 Å². The number of hydrogen-bond acceptors (Lipinski definition) is 5. The SMILES string of the molecule is CCN1CCN(c2ccc(NC(=O)CCn3c(-c4ccc(C)cc4)n[nH]c3=S)c(C)c2)CC1. The summed E-state index contributed by atoms with van der Waals surface area (Å²) in [7, 11) is 0. The molecule has 0 spiro atoms. The van der Waals surface area contributed by atoms with E-state index in [1.807, 2.05) is 48.7 Å². The predicted molar refractivity (Wildman–Crippen MR) is 136 cm³/mol. The molecular formula is C25H32N6OS. The molecule has 2 N–H and O–H groups in total. The van der Waals surface area contributed by atoms with Crippen LogP contribution in [0.25, 0.3) is 11.4 Å². The van der Waals surface area contributed by atoms with Crippen LogP contribution < -0.4 is 10.2 Å². The maximum absolute atomic E-state index is 12.7. The lowest BCUT2D eigenvalue weighted by Gasteiger charge is -2.35. The molecule has 8 heteroatoms. The molecule has 174 valence electrons. The highest BCUT2D eigenvalue weighted by Crippen LogP contribution is 2.24. The second-order valence-corrected chi connectivity index (χ2v) is 8.98. The number of aromatic amines is 1. The van der Waals surface area contributed by atoms with Crippen molar-refractivity contribution in [1.82, 2.24) is 19.7 Å². The Morgan fingerprint density at radius 3 is 2.48 bits per heavy atom. The van der Waals surface area contributed by atoms with Gasteiger partial charge in [-0.3, -0.25) is 14.5 Å². The zero-order valence-corrected chi connectivity index (χ0v) is 20.4. The van der Waals surface area contributed by atoms with E-state index < -0.39 is 0 Å². The molecule has 0 aliphatic carbocycles. The van der Waals surface area contributed by atoms with E-state index in [0.717, 1.165) is 55.4 Å². The van der Waals surface area contributed by atoms with Gasteiger partial charge in [-0.15, -0.1) is 0 Å². The summed E-state index contributed by atoms with van der Waals surface area (Å²) in [6.45, 7) is 12.1. The fourth-order valence-electron chi connectivity index (χ4n) is 4.18. The topological polar surface area (TPSA) is 69.2 Å². The van der Waals surface area contributed by atoms with E-state index in [2.05, 4.69) is 44.4 Å². The van der Waals surface area contributed by atoms with Crippen molar-refractivity contribution in [2.24, 2.45) is 0 Å². The Morgan fingerprint density at radius 2 is 1.82 bits per heavy atom. The number of anilines is 2. The molecular weight excluding hydrogens is 432 g/mol. The van der Waals surface area contributed by atoms with Gasteiger partial charge in [0.15, 0.2) is 10.6 Å². The quantitative estimate of drug-likeness (QED) is 0.508. The van der Waals surface area contributed by atoms with Crippen molar-refractivity contribution in [2.45, 2.75) is 33.7 Å². The van der Waals surface area contributed by atoms with Crippen molar-refractivity contribution >= 4 is 29.5 Å². The van der Waals surface area contributed by atoms with Gasteiger partial charge < -0.3 is 15.1 Å². The van der Waals surface area contributed by atoms with Crippen LogP contribution in [0.15, 0.2) is 42.5 Å². The number of likely N-dealkylation sites (N-methyl/N-ethyl adjacent to an activating group) is 1. The Labute approximate surface area is 200 Å². The molecule has 33 heavy (non-hydrogen) atoms. The maximum Gasteiger partial charge on any atom is 0.226 e. The average molecular weight is 465 g/mol. The highest BCUT2D eigenvalue weighted by Gasteiger charge is 2.17. The summed E-state index contributed by atoms with van der Waals surface area (Å²) in [5.41, 5.74) is 5.29. The standard InChI is InChI=1S/C25H32N6OS/c1-4-29-13-15-30(16-14-29)21-9-10-22(19(3)17-21)26-23(32)11-12-31-24(27-28-25(31)33)20-7-5-18(2)6-8-20/h5-10,17H,4,11-16H2,1-3H3,(H,26,32)(H,28,33). The second kappa shape index (κ2) is 10.3. The number of amides is 1. The van der Waals surface area contributed by atoms with E-state index in [-0.39, 0.29) is 5.91 Å². The number of carbonyl (C=O) groups is 1. The van der Waals surface area contributed by atoms with E-state index in [1.165, 1.54) is 11.3 Å². The first-order valence-electron chi connectivity index (χ1n) is 11.5. The zero-order valence-electron chi connectivity index (χ0n) is 19.6. The number of nitrogens with one attached hydrogen (secondary N) is 2. The van der Waals surface area contributed by atoms with Crippen molar-refractivity contribution in [3.05, 3.63) is 58.4 Å². The summed E-state index contributed by atoms with van der Waals surface area (Å²) in [5, 5.41) is 10.3. The Bertz CT molecular complexity index is 1160. The van der Waals surface area contributed by atoms with Gasteiger partial charge in [-0.05, 0) is 56.4 Å². The van der Waals surface area contributed by atoms with E-state index in [4.69, 9.17) is 12.2 Å². The summed E-state index contributed by atoms with van der Waals surface area (Å²) in [6, 6.07) is 14.4. The van der Waals surface area contributed by atoms with Crippen LogP contribution in [0.5, 0.6) is 0 Å². The zero-order chi connectivity index (χ0) is 23.4. The number of H-pyrrole nitrogens is 1. The maximum atomic E-state index is 12.7. The van der Waals surface area contributed by atoms with Crippen molar-refractivity contribution in [3.8, 4) is 11.4 Å². The highest BCUT2D eigenvalue weighted by atomic mass is 32.1. The minimum Gasteiger partial charge on any atom is -0.369 e. The molecule has 7 nitrogen and oxygen atoms in total. The molecule has 0 radical (unpaired) electrons. The van der Waals surface area contributed by atoms with Gasteiger partial charge in [0.2, 0.25) is 5.91 Å². The lowest BCUT2D eigenvalue weighted by molar-refractivity contribution is -0.116. The summed E-state index contributed by atoms with van der Waals surface area (Å²) < 4.78 is 2.40. The van der Waals surface area contributed by atoms with Crippen LogP contribution in [0, 0.1) is 18.6 Å². The van der Waals surface area contributed by atoms with Crippen molar-refractivity contribution in [1.29, 1.82) is 0 Å². The smallest absolute Gasteiger partial charge is 0.226 e. The van der Waals surface area contributed by atoms with Gasteiger partial charge in [0.1, 0.15) is 0 Å². The molecule has 1 fully saturated rings. The first-order valence-corrected chi connectivity index (χ1v) is 12.0. The third kappa shape index (κ3) is 5.51. The molecule has 1 saturated heterocycles. The Morgan fingerprint density at radius 1 is 1.09 bits per heavy atom. The molecule has 1 aromatic heterocycles.